The van der Waals surface area contributed by atoms with Gasteiger partial charge in [-0.05, 0) is 32.9 Å². The van der Waals surface area contributed by atoms with Crippen LogP contribution in [-0.4, -0.2) is 22.5 Å². The fourth-order valence-electron chi connectivity index (χ4n) is 1.77. The Morgan fingerprint density at radius 1 is 1.32 bits per heavy atom. The highest BCUT2D eigenvalue weighted by atomic mass is 16.1. The van der Waals surface area contributed by atoms with Crippen LogP contribution in [-0.2, 0) is 0 Å². The van der Waals surface area contributed by atoms with Gasteiger partial charge in [0.25, 0.3) is 5.91 Å². The molecule has 4 heteroatoms. The number of rotatable bonds is 3. The van der Waals surface area contributed by atoms with Crippen molar-refractivity contribution < 1.29 is 4.79 Å². The van der Waals surface area contributed by atoms with Crippen LogP contribution in [0.5, 0.6) is 0 Å². The SMILES string of the molecule is CC(N)C(C)(C)NC(=O)c1ccnc2ccccc12. The second-order valence-electron chi connectivity index (χ2n) is 5.34. The third-order valence-electron chi connectivity index (χ3n) is 3.47. The van der Waals surface area contributed by atoms with Gasteiger partial charge in [-0.15, -0.1) is 0 Å². The Morgan fingerprint density at radius 2 is 2.00 bits per heavy atom. The fourth-order valence-corrected chi connectivity index (χ4v) is 1.77. The van der Waals surface area contributed by atoms with Gasteiger partial charge in [0, 0.05) is 23.2 Å². The van der Waals surface area contributed by atoms with Gasteiger partial charge >= 0.3 is 0 Å². The molecule has 2 aromatic rings. The molecule has 0 radical (unpaired) electrons. The summed E-state index contributed by atoms with van der Waals surface area (Å²) >= 11 is 0. The summed E-state index contributed by atoms with van der Waals surface area (Å²) in [6.07, 6.45) is 1.65. The Bertz CT molecular complexity index is 600. The van der Waals surface area contributed by atoms with E-state index in [0.29, 0.717) is 5.56 Å². The summed E-state index contributed by atoms with van der Waals surface area (Å²) in [5.74, 6) is -0.124. The maximum Gasteiger partial charge on any atom is 0.252 e. The number of nitrogens with zero attached hydrogens (tertiary/aromatic N) is 1. The number of hydrogen-bond donors (Lipinski definition) is 2. The molecule has 3 N–H and O–H groups in total. The van der Waals surface area contributed by atoms with E-state index < -0.39 is 5.54 Å². The van der Waals surface area contributed by atoms with Crippen LogP contribution in [0.15, 0.2) is 36.5 Å². The van der Waals surface area contributed by atoms with Crippen molar-refractivity contribution in [2.45, 2.75) is 32.4 Å². The Hall–Kier alpha value is -1.94. The summed E-state index contributed by atoms with van der Waals surface area (Å²) in [4.78, 5) is 16.6. The first-order valence-corrected chi connectivity index (χ1v) is 6.33. The van der Waals surface area contributed by atoms with Crippen LogP contribution in [0.2, 0.25) is 0 Å². The van der Waals surface area contributed by atoms with E-state index in [1.165, 1.54) is 0 Å². The van der Waals surface area contributed by atoms with Gasteiger partial charge in [0.1, 0.15) is 0 Å². The minimum absolute atomic E-state index is 0.124. The molecule has 1 heterocycles. The lowest BCUT2D eigenvalue weighted by molar-refractivity contribution is 0.0905. The fraction of sp³-hybridized carbons (Fsp3) is 0.333. The zero-order chi connectivity index (χ0) is 14.0. The van der Waals surface area contributed by atoms with E-state index in [4.69, 9.17) is 5.73 Å². The molecule has 0 saturated carbocycles. The van der Waals surface area contributed by atoms with Crippen LogP contribution in [0.1, 0.15) is 31.1 Å². The molecule has 2 rings (SSSR count). The number of nitrogens with one attached hydrogen (secondary N) is 1. The maximum atomic E-state index is 12.4. The monoisotopic (exact) mass is 257 g/mol. The summed E-state index contributed by atoms with van der Waals surface area (Å²) in [6, 6.07) is 9.19. The summed E-state index contributed by atoms with van der Waals surface area (Å²) in [6.45, 7) is 5.71. The number of hydrogen-bond acceptors (Lipinski definition) is 3. The lowest BCUT2D eigenvalue weighted by atomic mass is 9.96. The van der Waals surface area contributed by atoms with E-state index >= 15 is 0 Å². The number of aromatic nitrogens is 1. The van der Waals surface area contributed by atoms with Crippen molar-refractivity contribution in [3.8, 4) is 0 Å². The van der Waals surface area contributed by atoms with Gasteiger partial charge in [-0.3, -0.25) is 9.78 Å². The molecule has 0 spiro atoms. The van der Waals surface area contributed by atoms with E-state index in [0.717, 1.165) is 10.9 Å². The highest BCUT2D eigenvalue weighted by Crippen LogP contribution is 2.17. The predicted molar refractivity (Wildman–Crippen MR) is 76.9 cm³/mol. The van der Waals surface area contributed by atoms with Crippen molar-refractivity contribution in [3.63, 3.8) is 0 Å². The van der Waals surface area contributed by atoms with Crippen LogP contribution in [0, 0.1) is 0 Å². The molecule has 1 unspecified atom stereocenters. The zero-order valence-electron chi connectivity index (χ0n) is 11.5. The molecule has 1 atom stereocenters. The van der Waals surface area contributed by atoms with Crippen LogP contribution in [0.4, 0.5) is 0 Å². The third-order valence-corrected chi connectivity index (χ3v) is 3.47. The molecule has 19 heavy (non-hydrogen) atoms. The minimum atomic E-state index is -0.457. The molecule has 4 nitrogen and oxygen atoms in total. The van der Waals surface area contributed by atoms with Crippen molar-refractivity contribution in [3.05, 3.63) is 42.1 Å². The normalized spacial score (nSPS) is 13.3. The molecule has 1 aromatic carbocycles. The maximum absolute atomic E-state index is 12.4. The number of amides is 1. The summed E-state index contributed by atoms with van der Waals surface area (Å²) in [7, 11) is 0. The van der Waals surface area contributed by atoms with Crippen molar-refractivity contribution in [2.24, 2.45) is 5.73 Å². The number of para-hydroxylation sites is 1. The number of carbonyl (C=O) groups is 1. The minimum Gasteiger partial charge on any atom is -0.346 e. The Kier molecular flexibility index (Phi) is 3.53. The third kappa shape index (κ3) is 2.74. The van der Waals surface area contributed by atoms with Gasteiger partial charge in [-0.2, -0.15) is 0 Å². The summed E-state index contributed by atoms with van der Waals surface area (Å²) in [5.41, 5.74) is 6.86. The molecule has 0 bridgehead atoms. The summed E-state index contributed by atoms with van der Waals surface area (Å²) in [5, 5.41) is 3.82. The highest BCUT2D eigenvalue weighted by Gasteiger charge is 2.25. The highest BCUT2D eigenvalue weighted by molar-refractivity contribution is 6.06. The van der Waals surface area contributed by atoms with Crippen LogP contribution >= 0.6 is 0 Å². The zero-order valence-corrected chi connectivity index (χ0v) is 11.5. The number of pyridine rings is 1. The average molecular weight is 257 g/mol. The summed E-state index contributed by atoms with van der Waals surface area (Å²) < 4.78 is 0. The smallest absolute Gasteiger partial charge is 0.252 e. The molecule has 0 fully saturated rings. The number of benzene rings is 1. The van der Waals surface area contributed by atoms with Gasteiger partial charge in [0.15, 0.2) is 0 Å². The van der Waals surface area contributed by atoms with Crippen LogP contribution < -0.4 is 11.1 Å². The Labute approximate surface area is 113 Å². The molecular formula is C15H19N3O. The van der Waals surface area contributed by atoms with Gasteiger partial charge < -0.3 is 11.1 Å². The molecule has 0 aliphatic carbocycles. The Morgan fingerprint density at radius 3 is 2.68 bits per heavy atom. The van der Waals surface area contributed by atoms with Crippen molar-refractivity contribution >= 4 is 16.8 Å². The molecule has 100 valence electrons. The largest absolute Gasteiger partial charge is 0.346 e. The second-order valence-corrected chi connectivity index (χ2v) is 5.34. The molecule has 1 amide bonds. The van der Waals surface area contributed by atoms with E-state index in [-0.39, 0.29) is 11.9 Å². The molecule has 0 aliphatic rings. The average Bonchev–Trinajstić information content (AvgIpc) is 2.37. The molecule has 0 saturated heterocycles. The van der Waals surface area contributed by atoms with Crippen molar-refractivity contribution in [2.75, 3.05) is 0 Å². The van der Waals surface area contributed by atoms with E-state index in [1.54, 1.807) is 12.3 Å². The quantitative estimate of drug-likeness (QED) is 0.884. The van der Waals surface area contributed by atoms with Gasteiger partial charge in [-0.1, -0.05) is 18.2 Å². The van der Waals surface area contributed by atoms with Gasteiger partial charge in [-0.25, -0.2) is 0 Å². The lowest BCUT2D eigenvalue weighted by Gasteiger charge is -2.30. The van der Waals surface area contributed by atoms with E-state index in [9.17, 15) is 4.79 Å². The van der Waals surface area contributed by atoms with E-state index in [1.807, 2.05) is 45.0 Å². The molecular weight excluding hydrogens is 238 g/mol. The van der Waals surface area contributed by atoms with Gasteiger partial charge in [0.05, 0.1) is 11.1 Å². The predicted octanol–water partition coefficient (Wildman–Crippen LogP) is 2.09. The second kappa shape index (κ2) is 4.97. The first-order chi connectivity index (χ1) is 8.92. The number of fused-ring (bicyclic) bond motifs is 1. The number of carbonyl (C=O) groups excluding carboxylic acids is 1. The topological polar surface area (TPSA) is 68.0 Å². The molecule has 1 aromatic heterocycles. The van der Waals surface area contributed by atoms with Gasteiger partial charge in [0.2, 0.25) is 0 Å². The molecule has 0 aliphatic heterocycles. The van der Waals surface area contributed by atoms with Crippen LogP contribution in [0.3, 0.4) is 0 Å². The van der Waals surface area contributed by atoms with Crippen molar-refractivity contribution in [1.82, 2.24) is 10.3 Å². The number of nitrogens with two attached hydrogens (primary N) is 1. The standard InChI is InChI=1S/C15H19N3O/c1-10(16)15(2,3)18-14(19)12-8-9-17-13-7-5-4-6-11(12)13/h4-10H,16H2,1-3H3,(H,18,19). The lowest BCUT2D eigenvalue weighted by Crippen LogP contribution is -2.54. The van der Waals surface area contributed by atoms with Crippen molar-refractivity contribution in [1.29, 1.82) is 0 Å². The Balaban J connectivity index is 2.37. The first-order valence-electron chi connectivity index (χ1n) is 6.33. The van der Waals surface area contributed by atoms with E-state index in [2.05, 4.69) is 10.3 Å². The van der Waals surface area contributed by atoms with Crippen LogP contribution in [0.25, 0.3) is 10.9 Å². The first kappa shape index (κ1) is 13.5.